The first-order valence-corrected chi connectivity index (χ1v) is 7.15. The summed E-state index contributed by atoms with van der Waals surface area (Å²) in [6, 6.07) is 20.7. The Bertz CT molecular complexity index is 1140. The minimum absolute atomic E-state index is 0.249. The number of rotatable bonds is 0. The number of hydrogen-bond acceptors (Lipinski definition) is 2. The Balaban J connectivity index is 1.94. The van der Waals surface area contributed by atoms with Crippen LogP contribution in [0.5, 0.6) is 0 Å². The van der Waals surface area contributed by atoms with Crippen LogP contribution in [-0.4, -0.2) is 5.91 Å². The van der Waals surface area contributed by atoms with Gasteiger partial charge in [-0.2, -0.15) is 0 Å². The number of nitrogens with zero attached hydrogens (tertiary/aromatic N) is 2. The average Bonchev–Trinajstić information content (AvgIpc) is 2.92. The van der Waals surface area contributed by atoms with Crippen LogP contribution in [0.15, 0.2) is 70.9 Å². The van der Waals surface area contributed by atoms with E-state index in [1.54, 1.807) is 0 Å². The first kappa shape index (κ1) is 11.6. The van der Waals surface area contributed by atoms with Crippen molar-refractivity contribution in [2.75, 3.05) is 0 Å². The van der Waals surface area contributed by atoms with E-state index in [9.17, 15) is 4.79 Å². The summed E-state index contributed by atoms with van der Waals surface area (Å²) >= 11 is 0. The maximum absolute atomic E-state index is 12.0. The van der Waals surface area contributed by atoms with Gasteiger partial charge in [0.25, 0.3) is 5.91 Å². The topological polar surface area (TPSA) is 41.8 Å². The lowest BCUT2D eigenvalue weighted by Gasteiger charge is -2.07. The summed E-state index contributed by atoms with van der Waals surface area (Å²) < 4.78 is 0. The van der Waals surface area contributed by atoms with Crippen LogP contribution in [0.3, 0.4) is 0 Å². The van der Waals surface area contributed by atoms with Crippen molar-refractivity contribution < 1.29 is 4.79 Å². The van der Waals surface area contributed by atoms with Crippen molar-refractivity contribution in [3.8, 4) is 0 Å². The fourth-order valence-corrected chi connectivity index (χ4v) is 3.21. The Labute approximate surface area is 125 Å². The monoisotopic (exact) mass is 282 g/mol. The number of fused-ring (bicyclic) bond motifs is 5. The van der Waals surface area contributed by atoms with E-state index < -0.39 is 0 Å². The van der Waals surface area contributed by atoms with Gasteiger partial charge in [-0.05, 0) is 62.6 Å². The van der Waals surface area contributed by atoms with Gasteiger partial charge >= 0.3 is 0 Å². The molecule has 3 nitrogen and oxygen atoms in total. The van der Waals surface area contributed by atoms with Gasteiger partial charge in [0.05, 0.1) is 11.3 Å². The van der Waals surface area contributed by atoms with Gasteiger partial charge in [-0.1, -0.05) is 30.3 Å². The van der Waals surface area contributed by atoms with Gasteiger partial charge in [0.1, 0.15) is 0 Å². The van der Waals surface area contributed by atoms with Crippen LogP contribution in [0.25, 0.3) is 32.3 Å². The third-order valence-corrected chi connectivity index (χ3v) is 4.28. The number of hydrogen-bond donors (Lipinski definition) is 0. The molecule has 102 valence electrons. The summed E-state index contributed by atoms with van der Waals surface area (Å²) in [6.45, 7) is 0. The first-order valence-electron chi connectivity index (χ1n) is 7.15. The van der Waals surface area contributed by atoms with Crippen molar-refractivity contribution in [2.24, 2.45) is 10.2 Å². The highest BCUT2D eigenvalue weighted by atomic mass is 16.2. The van der Waals surface area contributed by atoms with E-state index in [0.29, 0.717) is 11.3 Å². The number of azo groups is 1. The molecule has 0 saturated carbocycles. The van der Waals surface area contributed by atoms with Crippen LogP contribution < -0.4 is 0 Å². The van der Waals surface area contributed by atoms with Crippen LogP contribution in [0.1, 0.15) is 10.4 Å². The van der Waals surface area contributed by atoms with E-state index >= 15 is 0 Å². The standard InChI is InChI=1S/C19H10N2O/c22-19-18-16-10-15-8-12-4-2-1-3-11(12)7-14(15)9-13(16)5-6-17(18)20-21-19/h1-10H. The summed E-state index contributed by atoms with van der Waals surface area (Å²) in [5.41, 5.74) is 1.28. The molecule has 1 heterocycles. The largest absolute Gasteiger partial charge is 0.298 e. The van der Waals surface area contributed by atoms with Crippen molar-refractivity contribution in [3.63, 3.8) is 0 Å². The smallest absolute Gasteiger partial charge is 0.265 e. The molecule has 0 aliphatic carbocycles. The Hall–Kier alpha value is -3.07. The minimum Gasteiger partial charge on any atom is -0.265 e. The maximum Gasteiger partial charge on any atom is 0.298 e. The van der Waals surface area contributed by atoms with Crippen molar-refractivity contribution >= 4 is 43.9 Å². The Morgan fingerprint density at radius 1 is 0.636 bits per heavy atom. The summed E-state index contributed by atoms with van der Waals surface area (Å²) in [5.74, 6) is -0.249. The quantitative estimate of drug-likeness (QED) is 0.399. The number of benzene rings is 4. The lowest BCUT2D eigenvalue weighted by molar-refractivity contribution is 0.100. The van der Waals surface area contributed by atoms with Gasteiger partial charge in [0.15, 0.2) is 0 Å². The zero-order valence-electron chi connectivity index (χ0n) is 11.6. The first-order chi connectivity index (χ1) is 10.8. The highest BCUT2D eigenvalue weighted by Crippen LogP contribution is 2.36. The third-order valence-electron chi connectivity index (χ3n) is 4.28. The van der Waals surface area contributed by atoms with Crippen LogP contribution in [0.4, 0.5) is 5.69 Å². The molecule has 1 aliphatic heterocycles. The fourth-order valence-electron chi connectivity index (χ4n) is 3.21. The van der Waals surface area contributed by atoms with E-state index in [0.717, 1.165) is 16.2 Å². The molecule has 0 fully saturated rings. The molecule has 22 heavy (non-hydrogen) atoms. The van der Waals surface area contributed by atoms with Crippen molar-refractivity contribution in [2.45, 2.75) is 0 Å². The molecule has 1 aliphatic rings. The predicted molar refractivity (Wildman–Crippen MR) is 87.8 cm³/mol. The van der Waals surface area contributed by atoms with Crippen molar-refractivity contribution in [3.05, 3.63) is 66.2 Å². The van der Waals surface area contributed by atoms with E-state index in [2.05, 4.69) is 46.6 Å². The molecule has 0 N–H and O–H groups in total. The van der Waals surface area contributed by atoms with Gasteiger partial charge in [-0.15, -0.1) is 10.2 Å². The molecule has 0 unspecified atom stereocenters. The molecular weight excluding hydrogens is 272 g/mol. The average molecular weight is 282 g/mol. The van der Waals surface area contributed by atoms with Crippen LogP contribution in [-0.2, 0) is 0 Å². The molecule has 0 aromatic heterocycles. The van der Waals surface area contributed by atoms with E-state index in [4.69, 9.17) is 0 Å². The Morgan fingerprint density at radius 3 is 2.09 bits per heavy atom. The van der Waals surface area contributed by atoms with E-state index in [-0.39, 0.29) is 5.91 Å². The Morgan fingerprint density at radius 2 is 1.32 bits per heavy atom. The highest BCUT2D eigenvalue weighted by molar-refractivity contribution is 6.16. The molecular formula is C19H10N2O. The molecule has 4 aromatic rings. The van der Waals surface area contributed by atoms with Crippen LogP contribution >= 0.6 is 0 Å². The van der Waals surface area contributed by atoms with E-state index in [1.165, 1.54) is 16.2 Å². The highest BCUT2D eigenvalue weighted by Gasteiger charge is 2.20. The predicted octanol–water partition coefficient (Wildman–Crippen LogP) is 5.38. The van der Waals surface area contributed by atoms with Crippen molar-refractivity contribution in [1.29, 1.82) is 0 Å². The molecule has 4 aromatic carbocycles. The minimum atomic E-state index is -0.249. The van der Waals surface area contributed by atoms with Gasteiger partial charge in [-0.3, -0.25) is 4.79 Å². The SMILES string of the molecule is O=C1N=Nc2ccc3cc4cc5ccccc5cc4cc3c21. The fraction of sp³-hybridized carbons (Fsp3) is 0. The molecule has 5 rings (SSSR count). The molecule has 3 heteroatoms. The second-order valence-electron chi connectivity index (χ2n) is 5.58. The van der Waals surface area contributed by atoms with E-state index in [1.807, 2.05) is 24.3 Å². The zero-order chi connectivity index (χ0) is 14.7. The zero-order valence-corrected chi connectivity index (χ0v) is 11.6. The molecule has 0 atom stereocenters. The lowest BCUT2D eigenvalue weighted by atomic mass is 9.96. The van der Waals surface area contributed by atoms with Gasteiger partial charge in [0.2, 0.25) is 0 Å². The second kappa shape index (κ2) is 3.98. The lowest BCUT2D eigenvalue weighted by Crippen LogP contribution is -1.91. The van der Waals surface area contributed by atoms with Gasteiger partial charge in [0, 0.05) is 0 Å². The molecule has 0 radical (unpaired) electrons. The summed E-state index contributed by atoms with van der Waals surface area (Å²) in [5, 5.41) is 14.3. The summed E-state index contributed by atoms with van der Waals surface area (Å²) in [7, 11) is 0. The van der Waals surface area contributed by atoms with Crippen LogP contribution in [0.2, 0.25) is 0 Å². The molecule has 0 bridgehead atoms. The van der Waals surface area contributed by atoms with Crippen LogP contribution in [0, 0.1) is 0 Å². The van der Waals surface area contributed by atoms with Gasteiger partial charge in [-0.25, -0.2) is 0 Å². The number of carbonyl (C=O) groups excluding carboxylic acids is 1. The molecule has 1 amide bonds. The summed E-state index contributed by atoms with van der Waals surface area (Å²) in [6.07, 6.45) is 0. The normalized spacial score (nSPS) is 13.4. The van der Waals surface area contributed by atoms with Crippen molar-refractivity contribution in [1.82, 2.24) is 0 Å². The third kappa shape index (κ3) is 1.48. The second-order valence-corrected chi connectivity index (χ2v) is 5.58. The molecule has 0 spiro atoms. The summed E-state index contributed by atoms with van der Waals surface area (Å²) in [4.78, 5) is 12.0. The number of carbonyl (C=O) groups is 1. The van der Waals surface area contributed by atoms with Gasteiger partial charge < -0.3 is 0 Å². The maximum atomic E-state index is 12.0. The molecule has 0 saturated heterocycles. The Kier molecular flexibility index (Phi) is 2.09. The number of amides is 1.